The monoisotopic (exact) mass is 306 g/mol. The Morgan fingerprint density at radius 1 is 1.45 bits per heavy atom. The van der Waals surface area contributed by atoms with E-state index in [1.807, 2.05) is 0 Å². The van der Waals surface area contributed by atoms with Gasteiger partial charge >= 0.3 is 6.09 Å². The number of hydrogen-bond acceptors (Lipinski definition) is 6. The third kappa shape index (κ3) is 2.51. The Labute approximate surface area is 132 Å². The van der Waals surface area contributed by atoms with Crippen molar-refractivity contribution < 1.29 is 25.2 Å². The number of morpholine rings is 1. The molecule has 2 aliphatic heterocycles. The van der Waals surface area contributed by atoms with Gasteiger partial charge in [0.05, 0.1) is 30.1 Å². The van der Waals surface area contributed by atoms with E-state index >= 15 is 0 Å². The number of nitrogens with zero attached hydrogens (tertiary/aromatic N) is 4. The number of halogens is 1. The average molecular weight is 307 g/mol. The van der Waals surface area contributed by atoms with E-state index < -0.39 is 44.2 Å². The van der Waals surface area contributed by atoms with Crippen LogP contribution in [0, 0.1) is 0 Å². The van der Waals surface area contributed by atoms with Crippen molar-refractivity contribution in [1.29, 1.82) is 0 Å². The predicted molar refractivity (Wildman–Crippen MR) is 73.4 cm³/mol. The van der Waals surface area contributed by atoms with Crippen LogP contribution in [0.25, 0.3) is 0 Å². The molecule has 0 saturated carbocycles. The molecule has 1 atom stereocenters. The van der Waals surface area contributed by atoms with Gasteiger partial charge in [0.1, 0.15) is 17.6 Å². The molecule has 2 aliphatic rings. The first-order chi connectivity index (χ1) is 12.6. The van der Waals surface area contributed by atoms with Gasteiger partial charge in [-0.25, -0.2) is 9.78 Å². The molecule has 1 aromatic rings. The summed E-state index contributed by atoms with van der Waals surface area (Å²) in [5.41, 5.74) is 0. The van der Waals surface area contributed by atoms with Crippen molar-refractivity contribution >= 4 is 29.5 Å². The third-order valence-electron chi connectivity index (χ3n) is 2.62. The highest BCUT2D eigenvalue weighted by Gasteiger charge is 2.32. The summed E-state index contributed by atoms with van der Waals surface area (Å²) in [7, 11) is 0. The van der Waals surface area contributed by atoms with E-state index in [0.29, 0.717) is 0 Å². The maximum Gasteiger partial charge on any atom is 0.415 e. The second-order valence-corrected chi connectivity index (χ2v) is 4.40. The van der Waals surface area contributed by atoms with Gasteiger partial charge in [-0.1, -0.05) is 11.6 Å². The lowest BCUT2D eigenvalue weighted by Gasteiger charge is -2.27. The molecule has 0 aromatic carbocycles. The number of anilines is 2. The number of rotatable bonds is 2. The van der Waals surface area contributed by atoms with Crippen molar-refractivity contribution in [2.75, 3.05) is 42.5 Å². The molecule has 2 saturated heterocycles. The smallest absolute Gasteiger partial charge is 0.415 e. The van der Waals surface area contributed by atoms with Gasteiger partial charge in [0.25, 0.3) is 0 Å². The fourth-order valence-electron chi connectivity index (χ4n) is 1.74. The third-order valence-corrected chi connectivity index (χ3v) is 2.81. The van der Waals surface area contributed by atoms with Gasteiger partial charge in [0.2, 0.25) is 5.95 Å². The van der Waals surface area contributed by atoms with Crippen LogP contribution in [0.15, 0.2) is 6.07 Å². The topological polar surface area (TPSA) is 67.8 Å². The second kappa shape index (κ2) is 5.41. The van der Waals surface area contributed by atoms with Crippen molar-refractivity contribution in [2.45, 2.75) is 13.0 Å². The fraction of sp³-hybridized carbons (Fsp3) is 0.583. The molecule has 1 amide bonds. The molecule has 0 bridgehead atoms. The summed E-state index contributed by atoms with van der Waals surface area (Å²) in [5, 5.41) is -0.300. The summed E-state index contributed by atoms with van der Waals surface area (Å²) < 4.78 is 72.4. The van der Waals surface area contributed by atoms with Gasteiger partial charge in [-0.2, -0.15) is 4.98 Å². The van der Waals surface area contributed by atoms with Crippen LogP contribution in [0.2, 0.25) is 5.15 Å². The van der Waals surface area contributed by atoms with Gasteiger partial charge in [0.15, 0.2) is 0 Å². The Morgan fingerprint density at radius 3 is 2.85 bits per heavy atom. The van der Waals surface area contributed by atoms with Crippen molar-refractivity contribution in [2.24, 2.45) is 0 Å². The highest BCUT2D eigenvalue weighted by Crippen LogP contribution is 2.25. The Balaban J connectivity index is 2.19. The molecule has 0 radical (unpaired) electrons. The highest BCUT2D eigenvalue weighted by atomic mass is 35.5. The molecule has 0 spiro atoms. The van der Waals surface area contributed by atoms with Gasteiger partial charge in [0, 0.05) is 19.1 Å². The van der Waals surface area contributed by atoms with Gasteiger partial charge in [-0.05, 0) is 6.92 Å². The molecule has 108 valence electrons. The molecular formula is C12H15ClN4O3. The predicted octanol–water partition coefficient (Wildman–Crippen LogP) is 1.31. The number of aromatic nitrogens is 2. The minimum Gasteiger partial charge on any atom is -0.447 e. The van der Waals surface area contributed by atoms with Gasteiger partial charge in [-0.3, -0.25) is 4.90 Å². The van der Waals surface area contributed by atoms with E-state index in [0.717, 1.165) is 4.90 Å². The lowest BCUT2D eigenvalue weighted by molar-refractivity contribution is 0.122. The first-order valence-corrected chi connectivity index (χ1v) is 6.01. The van der Waals surface area contributed by atoms with E-state index in [1.54, 1.807) is 6.92 Å². The maximum atomic E-state index is 11.9. The molecule has 0 unspecified atom stereocenters. The average Bonchev–Trinajstić information content (AvgIpc) is 2.82. The Bertz CT molecular complexity index is 800. The van der Waals surface area contributed by atoms with E-state index in [4.69, 9.17) is 27.3 Å². The minimum atomic E-state index is -3.27. The molecular weight excluding hydrogens is 284 g/mol. The molecule has 0 N–H and O–H groups in total. The van der Waals surface area contributed by atoms with E-state index in [1.165, 1.54) is 6.07 Å². The first kappa shape index (κ1) is 6.91. The van der Waals surface area contributed by atoms with Crippen LogP contribution in [-0.2, 0) is 9.47 Å². The fourth-order valence-corrected chi connectivity index (χ4v) is 1.92. The van der Waals surface area contributed by atoms with Crippen molar-refractivity contribution in [3.05, 3.63) is 11.2 Å². The number of cyclic esters (lactones) is 1. The van der Waals surface area contributed by atoms with Crippen LogP contribution in [0.1, 0.15) is 17.9 Å². The van der Waals surface area contributed by atoms with Crippen LogP contribution in [0.4, 0.5) is 16.6 Å². The highest BCUT2D eigenvalue weighted by molar-refractivity contribution is 6.29. The molecule has 7 nitrogen and oxygen atoms in total. The van der Waals surface area contributed by atoms with Crippen LogP contribution in [0.3, 0.4) is 0 Å². The number of carbonyl (C=O) groups excluding carboxylic acids is 1. The van der Waals surface area contributed by atoms with Crippen LogP contribution >= 0.6 is 11.6 Å². The Morgan fingerprint density at radius 2 is 2.20 bits per heavy atom. The van der Waals surface area contributed by atoms with Crippen molar-refractivity contribution in [1.82, 2.24) is 9.97 Å². The molecule has 3 rings (SSSR count). The van der Waals surface area contributed by atoms with Gasteiger partial charge in [-0.15, -0.1) is 0 Å². The SMILES string of the molecule is [2H]C1([2H])OC([2H])([2H])C([2H])([2H])N(c2nc(Cl)cc(N3C(=O)OC[C@@H]3C)n2)C1([2H])[2H]. The zero-order valence-electron chi connectivity index (χ0n) is 18.3. The summed E-state index contributed by atoms with van der Waals surface area (Å²) in [6, 6.07) is 0.714. The summed E-state index contributed by atoms with van der Waals surface area (Å²) in [5.74, 6) is -0.898. The minimum absolute atomic E-state index is 0.0557. The number of amides is 1. The lowest BCUT2D eigenvalue weighted by atomic mass is 10.3. The Hall–Kier alpha value is -1.60. The second-order valence-electron chi connectivity index (χ2n) is 4.01. The van der Waals surface area contributed by atoms with E-state index in [2.05, 4.69) is 14.7 Å². The van der Waals surface area contributed by atoms with Crippen LogP contribution in [0.5, 0.6) is 0 Å². The largest absolute Gasteiger partial charge is 0.447 e. The lowest BCUT2D eigenvalue weighted by Crippen LogP contribution is -2.38. The van der Waals surface area contributed by atoms with E-state index in [9.17, 15) is 4.79 Å². The first-order valence-electron chi connectivity index (χ1n) is 9.63. The number of carbonyl (C=O) groups is 1. The summed E-state index contributed by atoms with van der Waals surface area (Å²) in [6.07, 6.45) is -0.758. The maximum absolute atomic E-state index is 11.9. The quantitative estimate of drug-likeness (QED) is 0.768. The molecule has 1 aromatic heterocycles. The molecule has 8 heteroatoms. The number of ether oxygens (including phenoxy) is 2. The summed E-state index contributed by atoms with van der Waals surface area (Å²) in [6.45, 7) is -11.3. The molecule has 20 heavy (non-hydrogen) atoms. The summed E-state index contributed by atoms with van der Waals surface area (Å²) >= 11 is 5.95. The molecule has 2 fully saturated rings. The standard InChI is InChI=1S/C12H15ClN4O3/c1-8-7-20-12(18)17(8)10-6-9(13)14-11(15-10)16-2-4-19-5-3-16/h6,8H,2-5,7H2,1H3/t8-/m0/s1/i2D2,3D2,4D2,5D2. The molecule has 0 aliphatic carbocycles. The van der Waals surface area contributed by atoms with Crippen molar-refractivity contribution in [3.8, 4) is 0 Å². The van der Waals surface area contributed by atoms with Gasteiger partial charge < -0.3 is 14.4 Å². The van der Waals surface area contributed by atoms with Crippen LogP contribution < -0.4 is 9.80 Å². The zero-order chi connectivity index (χ0) is 21.3. The Kier molecular flexibility index (Phi) is 1.87. The normalized spacial score (nSPS) is 39.1. The van der Waals surface area contributed by atoms with Crippen LogP contribution in [-0.4, -0.2) is 54.8 Å². The molecule has 3 heterocycles. The van der Waals surface area contributed by atoms with E-state index in [-0.39, 0.29) is 22.5 Å². The number of hydrogen-bond donors (Lipinski definition) is 0. The summed E-state index contributed by atoms with van der Waals surface area (Å²) in [4.78, 5) is 20.8. The zero-order valence-corrected chi connectivity index (χ0v) is 11.0. The van der Waals surface area contributed by atoms with Crippen molar-refractivity contribution in [3.63, 3.8) is 0 Å².